The summed E-state index contributed by atoms with van der Waals surface area (Å²) in [4.78, 5) is 4.62. The number of nitrogen functional groups attached to an aromatic ring is 1. The van der Waals surface area contributed by atoms with Crippen LogP contribution in [0.25, 0.3) is 11.4 Å². The maximum absolute atomic E-state index is 5.94. The number of anilines is 1. The highest BCUT2D eigenvalue weighted by atomic mass is 15.3. The standard InChI is InChI=1S/C14H20N4/c1-9-6-7-10(8-11(9)15)12-16-13(14(2,3)4)17-18(12)5/h6-8H,15H2,1-5H3. The average molecular weight is 244 g/mol. The molecule has 0 bridgehead atoms. The van der Waals surface area contributed by atoms with Crippen molar-refractivity contribution in [3.05, 3.63) is 29.6 Å². The van der Waals surface area contributed by atoms with Crippen molar-refractivity contribution < 1.29 is 0 Å². The molecule has 96 valence electrons. The Morgan fingerprint density at radius 2 is 1.89 bits per heavy atom. The van der Waals surface area contributed by atoms with Gasteiger partial charge in [0.15, 0.2) is 11.6 Å². The first-order chi connectivity index (χ1) is 8.29. The number of aryl methyl sites for hydroxylation is 2. The molecule has 1 aromatic heterocycles. The highest BCUT2D eigenvalue weighted by Crippen LogP contribution is 2.25. The van der Waals surface area contributed by atoms with E-state index in [0.717, 1.165) is 28.5 Å². The number of nitrogens with two attached hydrogens (primary N) is 1. The lowest BCUT2D eigenvalue weighted by atomic mass is 9.96. The van der Waals surface area contributed by atoms with Crippen LogP contribution in [0.5, 0.6) is 0 Å². The van der Waals surface area contributed by atoms with E-state index in [2.05, 4.69) is 30.9 Å². The van der Waals surface area contributed by atoms with Gasteiger partial charge in [0.1, 0.15) is 0 Å². The van der Waals surface area contributed by atoms with Crippen LogP contribution in [0.3, 0.4) is 0 Å². The van der Waals surface area contributed by atoms with E-state index in [1.54, 1.807) is 0 Å². The fourth-order valence-corrected chi connectivity index (χ4v) is 1.73. The van der Waals surface area contributed by atoms with Crippen molar-refractivity contribution in [2.45, 2.75) is 33.1 Å². The Bertz CT molecular complexity index is 576. The lowest BCUT2D eigenvalue weighted by Crippen LogP contribution is -2.13. The summed E-state index contributed by atoms with van der Waals surface area (Å²) < 4.78 is 1.81. The number of nitrogens with zero attached hydrogens (tertiary/aromatic N) is 3. The van der Waals surface area contributed by atoms with E-state index in [-0.39, 0.29) is 5.41 Å². The average Bonchev–Trinajstić information content (AvgIpc) is 2.64. The van der Waals surface area contributed by atoms with E-state index < -0.39 is 0 Å². The second-order valence-corrected chi connectivity index (χ2v) is 5.70. The van der Waals surface area contributed by atoms with Crippen LogP contribution in [0, 0.1) is 6.92 Å². The number of hydrogen-bond donors (Lipinski definition) is 1. The predicted molar refractivity (Wildman–Crippen MR) is 74.3 cm³/mol. The quantitative estimate of drug-likeness (QED) is 0.785. The van der Waals surface area contributed by atoms with E-state index in [0.29, 0.717) is 0 Å². The highest BCUT2D eigenvalue weighted by molar-refractivity contribution is 5.63. The van der Waals surface area contributed by atoms with Crippen LogP contribution in [-0.2, 0) is 12.5 Å². The molecule has 18 heavy (non-hydrogen) atoms. The van der Waals surface area contributed by atoms with Crippen LogP contribution in [0.4, 0.5) is 5.69 Å². The zero-order valence-electron chi connectivity index (χ0n) is 11.7. The van der Waals surface area contributed by atoms with E-state index in [9.17, 15) is 0 Å². The van der Waals surface area contributed by atoms with Gasteiger partial charge in [-0.25, -0.2) is 9.67 Å². The van der Waals surface area contributed by atoms with Crippen LogP contribution < -0.4 is 5.73 Å². The number of benzene rings is 1. The molecule has 0 saturated heterocycles. The maximum Gasteiger partial charge on any atom is 0.158 e. The van der Waals surface area contributed by atoms with E-state index >= 15 is 0 Å². The molecular formula is C14H20N4. The van der Waals surface area contributed by atoms with Crippen molar-refractivity contribution in [3.63, 3.8) is 0 Å². The van der Waals surface area contributed by atoms with Crippen molar-refractivity contribution in [3.8, 4) is 11.4 Å². The Morgan fingerprint density at radius 3 is 2.39 bits per heavy atom. The second kappa shape index (κ2) is 4.12. The molecule has 0 amide bonds. The molecule has 0 atom stereocenters. The van der Waals surface area contributed by atoms with Gasteiger partial charge in [-0.2, -0.15) is 5.10 Å². The Morgan fingerprint density at radius 1 is 1.22 bits per heavy atom. The lowest BCUT2D eigenvalue weighted by Gasteiger charge is -2.12. The third-order valence-electron chi connectivity index (χ3n) is 2.97. The Kier molecular flexibility index (Phi) is 2.89. The smallest absolute Gasteiger partial charge is 0.158 e. The van der Waals surface area contributed by atoms with Crippen LogP contribution in [-0.4, -0.2) is 14.8 Å². The Labute approximate surface area is 108 Å². The minimum Gasteiger partial charge on any atom is -0.398 e. The first-order valence-corrected chi connectivity index (χ1v) is 6.07. The van der Waals surface area contributed by atoms with Crippen LogP contribution in [0.15, 0.2) is 18.2 Å². The van der Waals surface area contributed by atoms with Gasteiger partial charge in [-0.05, 0) is 18.6 Å². The molecule has 0 aliphatic heterocycles. The summed E-state index contributed by atoms with van der Waals surface area (Å²) in [6.07, 6.45) is 0. The summed E-state index contributed by atoms with van der Waals surface area (Å²) in [6, 6.07) is 5.99. The molecule has 1 aromatic carbocycles. The molecule has 0 saturated carbocycles. The van der Waals surface area contributed by atoms with Gasteiger partial charge in [-0.1, -0.05) is 32.9 Å². The molecule has 4 nitrogen and oxygen atoms in total. The lowest BCUT2D eigenvalue weighted by molar-refractivity contribution is 0.538. The monoisotopic (exact) mass is 244 g/mol. The molecule has 2 N–H and O–H groups in total. The van der Waals surface area contributed by atoms with E-state index in [1.807, 2.05) is 36.9 Å². The van der Waals surface area contributed by atoms with Gasteiger partial charge in [0.05, 0.1) is 0 Å². The van der Waals surface area contributed by atoms with Gasteiger partial charge in [-0.3, -0.25) is 0 Å². The molecule has 0 fully saturated rings. The van der Waals surface area contributed by atoms with Crippen LogP contribution in [0.2, 0.25) is 0 Å². The van der Waals surface area contributed by atoms with Gasteiger partial charge in [0.2, 0.25) is 0 Å². The molecule has 0 unspecified atom stereocenters. The normalized spacial score (nSPS) is 11.8. The highest BCUT2D eigenvalue weighted by Gasteiger charge is 2.21. The van der Waals surface area contributed by atoms with E-state index in [4.69, 9.17) is 5.73 Å². The summed E-state index contributed by atoms with van der Waals surface area (Å²) in [5.41, 5.74) is 8.76. The van der Waals surface area contributed by atoms with E-state index in [1.165, 1.54) is 0 Å². The van der Waals surface area contributed by atoms with Crippen molar-refractivity contribution in [1.29, 1.82) is 0 Å². The summed E-state index contributed by atoms with van der Waals surface area (Å²) >= 11 is 0. The number of rotatable bonds is 1. The van der Waals surface area contributed by atoms with Crippen LogP contribution >= 0.6 is 0 Å². The fourth-order valence-electron chi connectivity index (χ4n) is 1.73. The largest absolute Gasteiger partial charge is 0.398 e. The molecule has 1 heterocycles. The van der Waals surface area contributed by atoms with Crippen molar-refractivity contribution in [1.82, 2.24) is 14.8 Å². The minimum atomic E-state index is -0.0494. The van der Waals surface area contributed by atoms with Crippen LogP contribution in [0.1, 0.15) is 32.2 Å². The molecule has 0 aliphatic carbocycles. The fraction of sp³-hybridized carbons (Fsp3) is 0.429. The summed E-state index contributed by atoms with van der Waals surface area (Å²) in [5, 5.41) is 4.48. The SMILES string of the molecule is Cc1ccc(-c2nc(C(C)(C)C)nn2C)cc1N. The molecule has 0 spiro atoms. The summed E-state index contributed by atoms with van der Waals surface area (Å²) in [6.45, 7) is 8.32. The van der Waals surface area contributed by atoms with Gasteiger partial charge in [-0.15, -0.1) is 0 Å². The first kappa shape index (κ1) is 12.6. The van der Waals surface area contributed by atoms with Gasteiger partial charge >= 0.3 is 0 Å². The molecule has 0 radical (unpaired) electrons. The third kappa shape index (κ3) is 2.23. The molecule has 4 heteroatoms. The zero-order chi connectivity index (χ0) is 13.5. The second-order valence-electron chi connectivity index (χ2n) is 5.70. The predicted octanol–water partition coefficient (Wildman–Crippen LogP) is 2.67. The number of aromatic nitrogens is 3. The van der Waals surface area contributed by atoms with Gasteiger partial charge in [0, 0.05) is 23.7 Å². The van der Waals surface area contributed by atoms with Crippen molar-refractivity contribution >= 4 is 5.69 Å². The van der Waals surface area contributed by atoms with Crippen molar-refractivity contribution in [2.24, 2.45) is 7.05 Å². The molecule has 2 rings (SSSR count). The summed E-state index contributed by atoms with van der Waals surface area (Å²) in [5.74, 6) is 1.70. The Balaban J connectivity index is 2.51. The molecule has 0 aliphatic rings. The van der Waals surface area contributed by atoms with Gasteiger partial charge in [0.25, 0.3) is 0 Å². The van der Waals surface area contributed by atoms with Crippen molar-refractivity contribution in [2.75, 3.05) is 5.73 Å². The summed E-state index contributed by atoms with van der Waals surface area (Å²) in [7, 11) is 1.91. The maximum atomic E-state index is 5.94. The first-order valence-electron chi connectivity index (χ1n) is 6.07. The Hall–Kier alpha value is -1.84. The van der Waals surface area contributed by atoms with Gasteiger partial charge < -0.3 is 5.73 Å². The third-order valence-corrected chi connectivity index (χ3v) is 2.97. The minimum absolute atomic E-state index is 0.0494. The number of hydrogen-bond acceptors (Lipinski definition) is 3. The topological polar surface area (TPSA) is 56.7 Å². The zero-order valence-corrected chi connectivity index (χ0v) is 11.7. The molecule has 2 aromatic rings. The molecular weight excluding hydrogens is 224 g/mol.